The standard InChI is InChI=1S/C18H19N7O2/c1-23-14(16(26)22-18(23)27)12-13-5-7-20-17(21-13)25-10-8-24(9-11-25)15-4-2-3-6-19-15/h2-7,12H,8-11H2,1H3,(H,22,26,27). The quantitative estimate of drug-likeness (QED) is 0.633. The highest BCUT2D eigenvalue weighted by molar-refractivity contribution is 6.13. The van der Waals surface area contributed by atoms with Crippen LogP contribution in [0.2, 0.25) is 0 Å². The first kappa shape index (κ1) is 17.0. The Morgan fingerprint density at radius 1 is 1.00 bits per heavy atom. The summed E-state index contributed by atoms with van der Waals surface area (Å²) in [7, 11) is 1.55. The number of imide groups is 1. The van der Waals surface area contributed by atoms with Gasteiger partial charge in [0.05, 0.1) is 5.69 Å². The van der Waals surface area contributed by atoms with Crippen LogP contribution in [-0.4, -0.2) is 65.0 Å². The van der Waals surface area contributed by atoms with E-state index >= 15 is 0 Å². The Labute approximate surface area is 156 Å². The number of pyridine rings is 1. The van der Waals surface area contributed by atoms with Crippen LogP contribution in [0.4, 0.5) is 16.6 Å². The van der Waals surface area contributed by atoms with Crippen molar-refractivity contribution in [3.05, 3.63) is 48.1 Å². The first-order valence-electron chi connectivity index (χ1n) is 8.66. The van der Waals surface area contributed by atoms with Gasteiger partial charge < -0.3 is 9.80 Å². The maximum Gasteiger partial charge on any atom is 0.328 e. The van der Waals surface area contributed by atoms with Crippen molar-refractivity contribution in [3.8, 4) is 0 Å². The van der Waals surface area contributed by atoms with Crippen LogP contribution in [0, 0.1) is 0 Å². The highest BCUT2D eigenvalue weighted by Crippen LogP contribution is 2.18. The summed E-state index contributed by atoms with van der Waals surface area (Å²) in [5.41, 5.74) is 0.850. The topological polar surface area (TPSA) is 94.6 Å². The molecule has 0 unspecified atom stereocenters. The molecule has 2 aromatic heterocycles. The van der Waals surface area contributed by atoms with E-state index in [-0.39, 0.29) is 5.70 Å². The zero-order chi connectivity index (χ0) is 18.8. The summed E-state index contributed by atoms with van der Waals surface area (Å²) in [6, 6.07) is 7.17. The van der Waals surface area contributed by atoms with Crippen LogP contribution in [0.15, 0.2) is 42.4 Å². The van der Waals surface area contributed by atoms with Gasteiger partial charge in [-0.05, 0) is 24.3 Å². The number of carbonyl (C=O) groups excluding carboxylic acids is 2. The number of hydrogen-bond donors (Lipinski definition) is 1. The van der Waals surface area contributed by atoms with E-state index in [1.54, 1.807) is 31.6 Å². The van der Waals surface area contributed by atoms with Crippen LogP contribution in [-0.2, 0) is 4.79 Å². The van der Waals surface area contributed by atoms with E-state index in [9.17, 15) is 9.59 Å². The molecule has 0 atom stereocenters. The van der Waals surface area contributed by atoms with Gasteiger partial charge in [0.1, 0.15) is 11.5 Å². The van der Waals surface area contributed by atoms with Gasteiger partial charge in [-0.15, -0.1) is 0 Å². The zero-order valence-electron chi connectivity index (χ0n) is 14.9. The Bertz CT molecular complexity index is 892. The Balaban J connectivity index is 1.48. The summed E-state index contributed by atoms with van der Waals surface area (Å²) in [5, 5.41) is 2.25. The number of nitrogens with one attached hydrogen (secondary N) is 1. The van der Waals surface area contributed by atoms with Gasteiger partial charge in [-0.1, -0.05) is 6.07 Å². The molecule has 0 aliphatic carbocycles. The van der Waals surface area contributed by atoms with E-state index in [2.05, 4.69) is 30.1 Å². The zero-order valence-corrected chi connectivity index (χ0v) is 14.9. The van der Waals surface area contributed by atoms with Crippen molar-refractivity contribution in [1.29, 1.82) is 0 Å². The lowest BCUT2D eigenvalue weighted by atomic mass is 10.3. The molecule has 9 nitrogen and oxygen atoms in total. The fourth-order valence-electron chi connectivity index (χ4n) is 3.08. The smallest absolute Gasteiger partial charge is 0.328 e. The minimum atomic E-state index is -0.439. The van der Waals surface area contributed by atoms with Gasteiger partial charge >= 0.3 is 6.03 Å². The van der Waals surface area contributed by atoms with E-state index in [4.69, 9.17) is 0 Å². The molecule has 2 aliphatic heterocycles. The number of urea groups is 1. The molecule has 3 amide bonds. The number of aromatic nitrogens is 3. The molecule has 0 saturated carbocycles. The maximum atomic E-state index is 11.8. The molecule has 2 saturated heterocycles. The van der Waals surface area contributed by atoms with Gasteiger partial charge in [0, 0.05) is 45.6 Å². The number of nitrogens with zero attached hydrogens (tertiary/aromatic N) is 6. The number of amides is 3. The van der Waals surface area contributed by atoms with Gasteiger partial charge in [0.2, 0.25) is 5.95 Å². The summed E-state index contributed by atoms with van der Waals surface area (Å²) >= 11 is 0. The summed E-state index contributed by atoms with van der Waals surface area (Å²) in [5.74, 6) is 1.15. The molecule has 2 fully saturated rings. The monoisotopic (exact) mass is 365 g/mol. The van der Waals surface area contributed by atoms with Crippen LogP contribution in [0.1, 0.15) is 5.69 Å². The van der Waals surface area contributed by atoms with Crippen LogP contribution in [0.25, 0.3) is 6.08 Å². The first-order valence-corrected chi connectivity index (χ1v) is 8.66. The van der Waals surface area contributed by atoms with Crippen LogP contribution in [0.5, 0.6) is 0 Å². The Kier molecular flexibility index (Phi) is 4.41. The number of anilines is 2. The summed E-state index contributed by atoms with van der Waals surface area (Å²) < 4.78 is 0. The Hall–Kier alpha value is -3.49. The second kappa shape index (κ2) is 7.02. The van der Waals surface area contributed by atoms with E-state index in [0.717, 1.165) is 32.0 Å². The van der Waals surface area contributed by atoms with E-state index in [0.29, 0.717) is 11.6 Å². The van der Waals surface area contributed by atoms with Crippen molar-refractivity contribution in [3.63, 3.8) is 0 Å². The number of rotatable bonds is 3. The van der Waals surface area contributed by atoms with Crippen molar-refractivity contribution >= 4 is 29.8 Å². The van der Waals surface area contributed by atoms with Gasteiger partial charge in [0.15, 0.2) is 0 Å². The average Bonchev–Trinajstić information content (AvgIpc) is 2.95. The molecule has 4 rings (SSSR count). The van der Waals surface area contributed by atoms with Crippen molar-refractivity contribution in [2.75, 3.05) is 43.0 Å². The molecule has 27 heavy (non-hydrogen) atoms. The van der Waals surface area contributed by atoms with Gasteiger partial charge in [-0.3, -0.25) is 15.0 Å². The number of carbonyl (C=O) groups is 2. The molecular weight excluding hydrogens is 346 g/mol. The van der Waals surface area contributed by atoms with Gasteiger partial charge in [0.25, 0.3) is 5.91 Å². The number of piperazine rings is 1. The van der Waals surface area contributed by atoms with Gasteiger partial charge in [-0.25, -0.2) is 19.7 Å². The summed E-state index contributed by atoms with van der Waals surface area (Å²) in [4.78, 5) is 42.3. The third-order valence-corrected chi connectivity index (χ3v) is 4.60. The lowest BCUT2D eigenvalue weighted by Gasteiger charge is -2.35. The maximum absolute atomic E-state index is 11.8. The van der Waals surface area contributed by atoms with Crippen LogP contribution in [0.3, 0.4) is 0 Å². The van der Waals surface area contributed by atoms with E-state index < -0.39 is 11.9 Å². The Morgan fingerprint density at radius 3 is 2.44 bits per heavy atom. The molecule has 0 aromatic carbocycles. The highest BCUT2D eigenvalue weighted by Gasteiger charge is 2.30. The fourth-order valence-corrected chi connectivity index (χ4v) is 3.08. The lowest BCUT2D eigenvalue weighted by molar-refractivity contribution is -0.115. The SMILES string of the molecule is CN1C(=O)NC(=O)C1=Cc1ccnc(N2CCN(c3ccccn3)CC2)n1. The predicted molar refractivity (Wildman–Crippen MR) is 100.0 cm³/mol. The molecule has 0 spiro atoms. The summed E-state index contributed by atoms with van der Waals surface area (Å²) in [6.45, 7) is 3.20. The molecule has 138 valence electrons. The van der Waals surface area contributed by atoms with E-state index in [1.165, 1.54) is 4.90 Å². The number of likely N-dealkylation sites (N-methyl/N-ethyl adjacent to an activating group) is 1. The first-order chi connectivity index (χ1) is 13.1. The average molecular weight is 365 g/mol. The van der Waals surface area contributed by atoms with Crippen molar-refractivity contribution in [2.45, 2.75) is 0 Å². The molecule has 2 aromatic rings. The van der Waals surface area contributed by atoms with Crippen molar-refractivity contribution in [2.24, 2.45) is 0 Å². The number of hydrogen-bond acceptors (Lipinski definition) is 7. The highest BCUT2D eigenvalue weighted by atomic mass is 16.2. The lowest BCUT2D eigenvalue weighted by Crippen LogP contribution is -2.47. The van der Waals surface area contributed by atoms with Gasteiger partial charge in [-0.2, -0.15) is 0 Å². The third kappa shape index (κ3) is 3.43. The Morgan fingerprint density at radius 2 is 1.78 bits per heavy atom. The molecule has 9 heteroatoms. The molecular formula is C18H19N7O2. The minimum absolute atomic E-state index is 0.268. The molecule has 2 aliphatic rings. The normalized spacial score (nSPS) is 19.0. The predicted octanol–water partition coefficient (Wildman–Crippen LogP) is 0.721. The summed E-state index contributed by atoms with van der Waals surface area (Å²) in [6.07, 6.45) is 5.05. The van der Waals surface area contributed by atoms with Crippen LogP contribution < -0.4 is 15.1 Å². The largest absolute Gasteiger partial charge is 0.353 e. The molecule has 4 heterocycles. The van der Waals surface area contributed by atoms with E-state index in [1.807, 2.05) is 18.2 Å². The second-order valence-corrected chi connectivity index (χ2v) is 6.29. The van der Waals surface area contributed by atoms with Crippen molar-refractivity contribution in [1.82, 2.24) is 25.2 Å². The second-order valence-electron chi connectivity index (χ2n) is 6.29. The minimum Gasteiger partial charge on any atom is -0.353 e. The fraction of sp³-hybridized carbons (Fsp3) is 0.278. The van der Waals surface area contributed by atoms with Crippen LogP contribution >= 0.6 is 0 Å². The molecule has 0 bridgehead atoms. The van der Waals surface area contributed by atoms with Crippen molar-refractivity contribution < 1.29 is 9.59 Å². The third-order valence-electron chi connectivity index (χ3n) is 4.60. The molecule has 1 N–H and O–H groups in total. The molecule has 0 radical (unpaired) electrons.